The number of carbonyl (C=O) groups excluding carboxylic acids is 1. The summed E-state index contributed by atoms with van der Waals surface area (Å²) in [6.07, 6.45) is 1.93. The van der Waals surface area contributed by atoms with Crippen molar-refractivity contribution in [3.05, 3.63) is 53.9 Å². The molecule has 1 fully saturated rings. The van der Waals surface area contributed by atoms with Gasteiger partial charge in [-0.3, -0.25) is 9.69 Å². The molecular formula is C17H16N3O3S+. The zero-order chi connectivity index (χ0) is 16.8. The number of rotatable bonds is 3. The van der Waals surface area contributed by atoms with Crippen molar-refractivity contribution in [3.63, 3.8) is 0 Å². The summed E-state index contributed by atoms with van der Waals surface area (Å²) in [5, 5.41) is 10.4. The molecule has 7 heteroatoms. The van der Waals surface area contributed by atoms with Crippen molar-refractivity contribution >= 4 is 34.5 Å². The van der Waals surface area contributed by atoms with E-state index in [1.165, 1.54) is 16.7 Å². The fraction of sp³-hybridized carbons (Fsp3) is 0.235. The van der Waals surface area contributed by atoms with Crippen molar-refractivity contribution in [1.29, 1.82) is 0 Å². The minimum Gasteiger partial charge on any atom is -0.477 e. The SMILES string of the molecule is N[C@@H]1C(=O)N2C(C(=O)O)=C(C[n+]3cccc4ccccc43)CS[C@@H]12. The number of carbonyl (C=O) groups is 2. The van der Waals surface area contributed by atoms with Crippen LogP contribution in [0.25, 0.3) is 10.9 Å². The van der Waals surface area contributed by atoms with Crippen LogP contribution in [-0.4, -0.2) is 39.1 Å². The second kappa shape index (κ2) is 5.61. The van der Waals surface area contributed by atoms with Crippen LogP contribution in [0.5, 0.6) is 0 Å². The largest absolute Gasteiger partial charge is 0.477 e. The third-order valence-corrected chi connectivity index (χ3v) is 5.80. The molecule has 0 spiro atoms. The van der Waals surface area contributed by atoms with Crippen LogP contribution >= 0.6 is 11.8 Å². The van der Waals surface area contributed by atoms with Crippen molar-refractivity contribution in [2.24, 2.45) is 5.73 Å². The van der Waals surface area contributed by atoms with E-state index in [1.807, 2.05) is 47.2 Å². The highest BCUT2D eigenvalue weighted by Crippen LogP contribution is 2.39. The zero-order valence-corrected chi connectivity index (χ0v) is 13.6. The molecule has 4 rings (SSSR count). The lowest BCUT2D eigenvalue weighted by molar-refractivity contribution is -0.663. The number of nitrogens with two attached hydrogens (primary N) is 1. The molecule has 2 aliphatic rings. The Morgan fingerprint density at radius 3 is 2.88 bits per heavy atom. The molecule has 1 aromatic carbocycles. The smallest absolute Gasteiger partial charge is 0.352 e. The molecule has 0 radical (unpaired) electrons. The highest BCUT2D eigenvalue weighted by molar-refractivity contribution is 8.00. The molecule has 1 amide bonds. The lowest BCUT2D eigenvalue weighted by Crippen LogP contribution is -2.68. The Morgan fingerprint density at radius 2 is 2.08 bits per heavy atom. The van der Waals surface area contributed by atoms with Crippen molar-refractivity contribution < 1.29 is 19.3 Å². The predicted octanol–water partition coefficient (Wildman–Crippen LogP) is 0.708. The first kappa shape index (κ1) is 15.2. The Balaban J connectivity index is 1.77. The maximum Gasteiger partial charge on any atom is 0.352 e. The van der Waals surface area contributed by atoms with E-state index in [1.54, 1.807) is 0 Å². The van der Waals surface area contributed by atoms with Gasteiger partial charge in [-0.2, -0.15) is 4.57 Å². The minimum absolute atomic E-state index is 0.0888. The van der Waals surface area contributed by atoms with Crippen LogP contribution < -0.4 is 10.3 Å². The molecule has 2 aromatic rings. The monoisotopic (exact) mass is 342 g/mol. The van der Waals surface area contributed by atoms with Gasteiger partial charge in [0.25, 0.3) is 0 Å². The number of aliphatic carboxylic acids is 1. The molecule has 0 aliphatic carbocycles. The van der Waals surface area contributed by atoms with Gasteiger partial charge in [-0.25, -0.2) is 4.79 Å². The standard InChI is InChI=1S/C17H15N3O3S/c18-13-15(21)20-14(17(22)23)11(9-24-16(13)20)8-19-7-3-5-10-4-1-2-6-12(10)19/h1-7,13,16H,8-9,18H2/p+1/t13-,16+/m1/s1. The van der Waals surface area contributed by atoms with E-state index < -0.39 is 12.0 Å². The number of aromatic nitrogens is 1. The van der Waals surface area contributed by atoms with Crippen LogP contribution in [0.4, 0.5) is 0 Å². The summed E-state index contributed by atoms with van der Waals surface area (Å²) in [6.45, 7) is 0.432. The lowest BCUT2D eigenvalue weighted by Gasteiger charge is -2.47. The number of pyridine rings is 1. The quantitative estimate of drug-likeness (QED) is 0.634. The third-order valence-electron chi connectivity index (χ3n) is 4.44. The maximum absolute atomic E-state index is 12.0. The molecule has 1 aromatic heterocycles. The minimum atomic E-state index is -1.07. The average Bonchev–Trinajstić information content (AvgIpc) is 2.60. The number of benzene rings is 1. The highest BCUT2D eigenvalue weighted by atomic mass is 32.2. The number of para-hydroxylation sites is 1. The average molecular weight is 342 g/mol. The maximum atomic E-state index is 12.0. The molecule has 2 atom stereocenters. The number of thioether (sulfide) groups is 1. The molecule has 0 saturated carbocycles. The number of carboxylic acid groups (broad SMARTS) is 1. The second-order valence-electron chi connectivity index (χ2n) is 5.89. The Labute approximate surface area is 142 Å². The van der Waals surface area contributed by atoms with E-state index in [9.17, 15) is 14.7 Å². The molecule has 3 N–H and O–H groups in total. The van der Waals surface area contributed by atoms with E-state index in [0.717, 1.165) is 16.5 Å². The summed E-state index contributed by atoms with van der Waals surface area (Å²) < 4.78 is 2.01. The fourth-order valence-electron chi connectivity index (χ4n) is 3.27. The third kappa shape index (κ3) is 2.20. The van der Waals surface area contributed by atoms with Gasteiger partial charge >= 0.3 is 5.97 Å². The van der Waals surface area contributed by atoms with Gasteiger partial charge in [0.2, 0.25) is 11.4 Å². The Morgan fingerprint density at radius 1 is 1.33 bits per heavy atom. The van der Waals surface area contributed by atoms with Gasteiger partial charge < -0.3 is 10.8 Å². The number of fused-ring (bicyclic) bond motifs is 2. The van der Waals surface area contributed by atoms with Crippen LogP contribution in [0.2, 0.25) is 0 Å². The molecule has 0 unspecified atom stereocenters. The summed E-state index contributed by atoms with van der Waals surface area (Å²) in [4.78, 5) is 25.1. The van der Waals surface area contributed by atoms with Crippen molar-refractivity contribution in [2.75, 3.05) is 5.75 Å². The summed E-state index contributed by atoms with van der Waals surface area (Å²) >= 11 is 1.52. The van der Waals surface area contributed by atoms with Gasteiger partial charge in [0.15, 0.2) is 12.7 Å². The molecular weight excluding hydrogens is 326 g/mol. The molecule has 0 bridgehead atoms. The Hall–Kier alpha value is -2.38. The first-order valence-electron chi connectivity index (χ1n) is 7.60. The fourth-order valence-corrected chi connectivity index (χ4v) is 4.55. The van der Waals surface area contributed by atoms with Crippen LogP contribution in [0.1, 0.15) is 0 Å². The highest BCUT2D eigenvalue weighted by Gasteiger charge is 2.52. The topological polar surface area (TPSA) is 87.5 Å². The van der Waals surface area contributed by atoms with Gasteiger partial charge in [0.05, 0.1) is 0 Å². The van der Waals surface area contributed by atoms with Gasteiger partial charge in [0, 0.05) is 28.8 Å². The van der Waals surface area contributed by atoms with Crippen molar-refractivity contribution in [3.8, 4) is 0 Å². The molecule has 3 heterocycles. The van der Waals surface area contributed by atoms with Crippen LogP contribution in [-0.2, 0) is 16.1 Å². The first-order valence-corrected chi connectivity index (χ1v) is 8.65. The van der Waals surface area contributed by atoms with E-state index >= 15 is 0 Å². The Kier molecular flexibility index (Phi) is 3.54. The van der Waals surface area contributed by atoms with E-state index in [0.29, 0.717) is 12.3 Å². The van der Waals surface area contributed by atoms with Crippen molar-refractivity contribution in [1.82, 2.24) is 4.90 Å². The van der Waals surface area contributed by atoms with E-state index in [-0.39, 0.29) is 17.0 Å². The van der Waals surface area contributed by atoms with Crippen LogP contribution in [0.3, 0.4) is 0 Å². The molecule has 122 valence electrons. The summed E-state index contributed by atoms with van der Waals surface area (Å²) in [5.74, 6) is -0.832. The van der Waals surface area contributed by atoms with Gasteiger partial charge in [0.1, 0.15) is 17.1 Å². The zero-order valence-electron chi connectivity index (χ0n) is 12.8. The summed E-state index contributed by atoms with van der Waals surface area (Å²) in [7, 11) is 0. The number of amides is 1. The number of hydrogen-bond donors (Lipinski definition) is 2. The summed E-state index contributed by atoms with van der Waals surface area (Å²) in [6, 6.07) is 11.3. The molecule has 6 nitrogen and oxygen atoms in total. The van der Waals surface area contributed by atoms with Gasteiger partial charge in [-0.15, -0.1) is 11.8 Å². The summed E-state index contributed by atoms with van der Waals surface area (Å²) in [5.41, 5.74) is 7.62. The lowest BCUT2D eigenvalue weighted by atomic mass is 10.0. The number of nitrogens with zero attached hydrogens (tertiary/aromatic N) is 2. The Bertz CT molecular complexity index is 890. The second-order valence-corrected chi connectivity index (χ2v) is 6.99. The number of β-lactam (4-membered cyclic amide) rings is 1. The van der Waals surface area contributed by atoms with Crippen LogP contribution in [0, 0.1) is 0 Å². The predicted molar refractivity (Wildman–Crippen MR) is 89.9 cm³/mol. The normalized spacial score (nSPS) is 23.2. The van der Waals surface area contributed by atoms with Gasteiger partial charge in [-0.05, 0) is 12.1 Å². The van der Waals surface area contributed by atoms with Crippen molar-refractivity contribution in [2.45, 2.75) is 18.0 Å². The number of carboxylic acids is 1. The van der Waals surface area contributed by atoms with Crippen LogP contribution in [0.15, 0.2) is 53.9 Å². The van der Waals surface area contributed by atoms with E-state index in [2.05, 4.69) is 0 Å². The molecule has 2 aliphatic heterocycles. The number of hydrogen-bond acceptors (Lipinski definition) is 4. The molecule has 24 heavy (non-hydrogen) atoms. The molecule has 1 saturated heterocycles. The first-order chi connectivity index (χ1) is 11.6. The van der Waals surface area contributed by atoms with E-state index in [4.69, 9.17) is 5.73 Å². The van der Waals surface area contributed by atoms with Gasteiger partial charge in [-0.1, -0.05) is 12.1 Å².